The number of hydrogen-bond donors (Lipinski definition) is 2. The Bertz CT molecular complexity index is 1340. The van der Waals surface area contributed by atoms with Crippen LogP contribution in [0.25, 0.3) is 17.1 Å². The summed E-state index contributed by atoms with van der Waals surface area (Å²) >= 11 is 1.16. The summed E-state index contributed by atoms with van der Waals surface area (Å²) in [4.78, 5) is 23.4. The lowest BCUT2D eigenvalue weighted by molar-refractivity contribution is -0.384. The van der Waals surface area contributed by atoms with Crippen LogP contribution in [0, 0.1) is 10.1 Å². The number of nitrogens with one attached hydrogen (secondary N) is 1. The Morgan fingerprint density at radius 1 is 1.12 bits per heavy atom. The van der Waals surface area contributed by atoms with E-state index >= 15 is 0 Å². The van der Waals surface area contributed by atoms with Gasteiger partial charge in [-0.25, -0.2) is 0 Å². The van der Waals surface area contributed by atoms with Crippen LogP contribution in [0.15, 0.2) is 78.0 Å². The zero-order valence-electron chi connectivity index (χ0n) is 18.0. The van der Waals surface area contributed by atoms with E-state index in [1.54, 1.807) is 18.2 Å². The Labute approximate surface area is 198 Å². The third kappa shape index (κ3) is 4.99. The van der Waals surface area contributed by atoms with Gasteiger partial charge in [-0.2, -0.15) is 0 Å². The molecule has 172 valence electrons. The number of benzene rings is 3. The highest BCUT2D eigenvalue weighted by atomic mass is 32.2. The molecule has 1 heterocycles. The van der Waals surface area contributed by atoms with Gasteiger partial charge in [-0.15, -0.1) is 10.2 Å². The van der Waals surface area contributed by atoms with Gasteiger partial charge in [0.15, 0.2) is 11.0 Å². The molecule has 0 fully saturated rings. The molecule has 0 aliphatic heterocycles. The first-order valence-electron chi connectivity index (χ1n) is 10.1. The molecule has 1 aromatic heterocycles. The molecule has 10 nitrogen and oxygen atoms in total. The predicted molar refractivity (Wildman–Crippen MR) is 130 cm³/mol. The topological polar surface area (TPSA) is 138 Å². The quantitative estimate of drug-likeness (QED) is 0.167. The summed E-state index contributed by atoms with van der Waals surface area (Å²) < 4.78 is 6.86. The van der Waals surface area contributed by atoms with Crippen molar-refractivity contribution in [2.75, 3.05) is 23.9 Å². The molecule has 4 rings (SSSR count). The van der Waals surface area contributed by atoms with Gasteiger partial charge in [0.25, 0.3) is 5.69 Å². The lowest BCUT2D eigenvalue weighted by Crippen LogP contribution is -2.15. The first kappa shape index (κ1) is 22.8. The van der Waals surface area contributed by atoms with Crippen LogP contribution in [0.1, 0.15) is 0 Å². The number of hydrogen-bond acceptors (Lipinski definition) is 8. The molecule has 4 aromatic rings. The van der Waals surface area contributed by atoms with Crippen LogP contribution in [0.3, 0.4) is 0 Å². The van der Waals surface area contributed by atoms with Crippen LogP contribution in [-0.4, -0.2) is 38.5 Å². The molecule has 0 aliphatic carbocycles. The van der Waals surface area contributed by atoms with E-state index in [-0.39, 0.29) is 17.1 Å². The molecule has 0 spiro atoms. The highest BCUT2D eigenvalue weighted by Crippen LogP contribution is 2.31. The summed E-state index contributed by atoms with van der Waals surface area (Å²) in [6.45, 7) is 0. The zero-order valence-corrected chi connectivity index (χ0v) is 18.9. The van der Waals surface area contributed by atoms with Crippen LogP contribution >= 0.6 is 11.8 Å². The number of nitrogens with two attached hydrogens (primary N) is 1. The lowest BCUT2D eigenvalue weighted by atomic mass is 10.2. The van der Waals surface area contributed by atoms with Gasteiger partial charge in [0.2, 0.25) is 5.91 Å². The number of anilines is 2. The van der Waals surface area contributed by atoms with Gasteiger partial charge in [-0.05, 0) is 36.4 Å². The average molecular weight is 477 g/mol. The first-order chi connectivity index (χ1) is 16.5. The van der Waals surface area contributed by atoms with E-state index in [0.717, 1.165) is 23.0 Å². The van der Waals surface area contributed by atoms with Crippen LogP contribution in [0.2, 0.25) is 0 Å². The van der Waals surface area contributed by atoms with Crippen LogP contribution in [0.5, 0.6) is 5.75 Å². The van der Waals surface area contributed by atoms with Crippen molar-refractivity contribution in [2.45, 2.75) is 5.16 Å². The number of ether oxygens (including phenoxy) is 1. The standard InChI is InChI=1S/C23H20N6O4S/c1-33-18-10-11-19(20(13-18)29(31)32)25-21(30)14-34-23-27-26-22(15-6-5-7-16(24)12-15)28(23)17-8-3-2-4-9-17/h2-13H,14,24H2,1H3,(H,25,30). The smallest absolute Gasteiger partial charge is 0.296 e. The number of carbonyl (C=O) groups excluding carboxylic acids is 1. The van der Waals surface area contributed by atoms with Gasteiger partial charge in [-0.1, -0.05) is 42.1 Å². The van der Waals surface area contributed by atoms with Crippen molar-refractivity contribution in [1.82, 2.24) is 14.8 Å². The molecule has 0 aliphatic rings. The Morgan fingerprint density at radius 2 is 1.91 bits per heavy atom. The number of amides is 1. The molecule has 0 atom stereocenters. The number of carbonyl (C=O) groups is 1. The molecule has 0 unspecified atom stereocenters. The molecule has 34 heavy (non-hydrogen) atoms. The number of nitrogens with zero attached hydrogens (tertiary/aromatic N) is 4. The minimum absolute atomic E-state index is 0.0366. The molecule has 0 saturated carbocycles. The molecular weight excluding hydrogens is 456 g/mol. The van der Waals surface area contributed by atoms with E-state index < -0.39 is 10.8 Å². The molecule has 3 aromatic carbocycles. The summed E-state index contributed by atoms with van der Waals surface area (Å²) in [5, 5.41) is 23.1. The minimum atomic E-state index is -0.574. The second kappa shape index (κ2) is 10.0. The van der Waals surface area contributed by atoms with Gasteiger partial charge in [0.05, 0.1) is 23.9 Å². The highest BCUT2D eigenvalue weighted by Gasteiger charge is 2.20. The number of nitrogen functional groups attached to an aromatic ring is 1. The van der Waals surface area contributed by atoms with Crippen molar-refractivity contribution in [2.24, 2.45) is 0 Å². The van der Waals surface area contributed by atoms with E-state index in [2.05, 4.69) is 15.5 Å². The van der Waals surface area contributed by atoms with Crippen LogP contribution in [-0.2, 0) is 4.79 Å². The number of nitro groups is 1. The summed E-state index contributed by atoms with van der Waals surface area (Å²) in [5.74, 6) is 0.438. The minimum Gasteiger partial charge on any atom is -0.496 e. The summed E-state index contributed by atoms with van der Waals surface area (Å²) in [7, 11) is 1.41. The monoisotopic (exact) mass is 476 g/mol. The fourth-order valence-electron chi connectivity index (χ4n) is 3.25. The van der Waals surface area contributed by atoms with Crippen LogP contribution in [0.4, 0.5) is 17.1 Å². The maximum Gasteiger partial charge on any atom is 0.296 e. The number of thioether (sulfide) groups is 1. The second-order valence-electron chi connectivity index (χ2n) is 7.08. The van der Waals surface area contributed by atoms with Gasteiger partial charge in [-0.3, -0.25) is 19.5 Å². The molecule has 0 saturated heterocycles. The Kier molecular flexibility index (Phi) is 6.74. The van der Waals surface area contributed by atoms with E-state index in [9.17, 15) is 14.9 Å². The molecule has 0 radical (unpaired) electrons. The third-order valence-corrected chi connectivity index (χ3v) is 5.73. The number of aromatic nitrogens is 3. The van der Waals surface area contributed by atoms with Crippen molar-refractivity contribution in [3.63, 3.8) is 0 Å². The Hall–Kier alpha value is -4.38. The van der Waals surface area contributed by atoms with Crippen molar-refractivity contribution >= 4 is 34.7 Å². The second-order valence-corrected chi connectivity index (χ2v) is 8.02. The largest absolute Gasteiger partial charge is 0.496 e. The zero-order chi connectivity index (χ0) is 24.1. The normalized spacial score (nSPS) is 10.6. The number of methoxy groups -OCH3 is 1. The van der Waals surface area contributed by atoms with E-state index in [0.29, 0.717) is 22.4 Å². The Balaban J connectivity index is 1.58. The van der Waals surface area contributed by atoms with E-state index in [4.69, 9.17) is 10.5 Å². The summed E-state index contributed by atoms with van der Waals surface area (Å²) in [6.07, 6.45) is 0. The predicted octanol–water partition coefficient (Wildman–Crippen LogP) is 4.16. The average Bonchev–Trinajstić information content (AvgIpc) is 3.27. The highest BCUT2D eigenvalue weighted by molar-refractivity contribution is 7.99. The summed E-state index contributed by atoms with van der Waals surface area (Å²) in [6, 6.07) is 21.0. The van der Waals surface area contributed by atoms with Crippen molar-refractivity contribution < 1.29 is 14.5 Å². The fraction of sp³-hybridized carbons (Fsp3) is 0.0870. The van der Waals surface area contributed by atoms with Gasteiger partial charge < -0.3 is 15.8 Å². The fourth-order valence-corrected chi connectivity index (χ4v) is 4.00. The van der Waals surface area contributed by atoms with Crippen molar-refractivity contribution in [3.05, 3.63) is 82.9 Å². The van der Waals surface area contributed by atoms with Crippen LogP contribution < -0.4 is 15.8 Å². The van der Waals surface area contributed by atoms with E-state index in [1.165, 1.54) is 19.2 Å². The molecule has 11 heteroatoms. The van der Waals surface area contributed by atoms with Gasteiger partial charge in [0.1, 0.15) is 11.4 Å². The van der Waals surface area contributed by atoms with Crippen molar-refractivity contribution in [3.8, 4) is 22.8 Å². The van der Waals surface area contributed by atoms with E-state index in [1.807, 2.05) is 47.0 Å². The number of para-hydroxylation sites is 1. The first-order valence-corrected chi connectivity index (χ1v) is 11.1. The van der Waals surface area contributed by atoms with Gasteiger partial charge >= 0.3 is 0 Å². The maximum atomic E-state index is 12.6. The maximum absolute atomic E-state index is 12.6. The molecular formula is C23H20N6O4S. The number of nitro benzene ring substituents is 1. The lowest BCUT2D eigenvalue weighted by Gasteiger charge is -2.11. The van der Waals surface area contributed by atoms with Gasteiger partial charge in [0, 0.05) is 16.9 Å². The molecule has 1 amide bonds. The number of rotatable bonds is 8. The van der Waals surface area contributed by atoms with Crippen molar-refractivity contribution in [1.29, 1.82) is 0 Å². The summed E-state index contributed by atoms with van der Waals surface area (Å²) in [5.41, 5.74) is 7.96. The SMILES string of the molecule is COc1ccc(NC(=O)CSc2nnc(-c3cccc(N)c3)n2-c2ccccc2)c([N+](=O)[O-])c1. The third-order valence-electron chi connectivity index (χ3n) is 4.80. The Morgan fingerprint density at radius 3 is 2.62 bits per heavy atom. The molecule has 3 N–H and O–H groups in total. The molecule has 0 bridgehead atoms.